The average Bonchev–Trinajstić information content (AvgIpc) is 2.60. The highest BCUT2D eigenvalue weighted by Crippen LogP contribution is 2.34. The second-order valence-corrected chi connectivity index (χ2v) is 7.24. The molecule has 1 aliphatic rings. The third-order valence-electron chi connectivity index (χ3n) is 4.53. The molecule has 2 aromatic rings. The van der Waals surface area contributed by atoms with Crippen molar-refractivity contribution in [2.75, 3.05) is 12.4 Å². The highest BCUT2D eigenvalue weighted by Gasteiger charge is 2.30. The van der Waals surface area contributed by atoms with Gasteiger partial charge in [-0.1, -0.05) is 12.1 Å². The predicted octanol–water partition coefficient (Wildman–Crippen LogP) is 3.45. The number of benzene rings is 2. The molecule has 1 heterocycles. The minimum absolute atomic E-state index is 0.0321. The number of aryl methyl sites for hydroxylation is 2. The molecule has 28 heavy (non-hydrogen) atoms. The van der Waals surface area contributed by atoms with E-state index in [0.717, 1.165) is 22.4 Å². The van der Waals surface area contributed by atoms with Crippen molar-refractivity contribution in [1.29, 1.82) is 0 Å². The lowest BCUT2D eigenvalue weighted by molar-refractivity contribution is -0.113. The van der Waals surface area contributed by atoms with Crippen LogP contribution in [-0.4, -0.2) is 23.2 Å². The summed E-state index contributed by atoms with van der Waals surface area (Å²) in [4.78, 5) is 13.1. The minimum Gasteiger partial charge on any atom is -0.504 e. The lowest BCUT2D eigenvalue weighted by atomic mass is 9.94. The zero-order valence-corrected chi connectivity index (χ0v) is 17.0. The molecule has 1 aliphatic heterocycles. The van der Waals surface area contributed by atoms with E-state index in [0.29, 0.717) is 22.1 Å². The lowest BCUT2D eigenvalue weighted by Crippen LogP contribution is -2.45. The van der Waals surface area contributed by atoms with Crippen LogP contribution in [0.25, 0.3) is 0 Å². The molecule has 1 atom stereocenters. The standard InChI is InChI=1S/C21H23N3O3S/c1-11-7-12(2)9-15(8-11)23-20(26)18-13(3)22-21(28)24-19(18)14-5-6-16(25)17(10-14)27-4/h5-10,19,25H,1-4H3,(H,23,26)(H2,22,24,28)/t19-/m1/s1. The third kappa shape index (κ3) is 4.09. The van der Waals surface area contributed by atoms with Crippen molar-refractivity contribution in [3.63, 3.8) is 0 Å². The monoisotopic (exact) mass is 397 g/mol. The van der Waals surface area contributed by atoms with Gasteiger partial charge in [-0.25, -0.2) is 0 Å². The summed E-state index contributed by atoms with van der Waals surface area (Å²) in [7, 11) is 1.48. The Kier molecular flexibility index (Phi) is 5.56. The number of aromatic hydroxyl groups is 1. The van der Waals surface area contributed by atoms with Crippen molar-refractivity contribution in [1.82, 2.24) is 10.6 Å². The summed E-state index contributed by atoms with van der Waals surface area (Å²) >= 11 is 5.28. The number of thiocarbonyl (C=S) groups is 1. The Morgan fingerprint density at radius 3 is 2.46 bits per heavy atom. The van der Waals surface area contributed by atoms with Gasteiger partial charge in [-0.15, -0.1) is 0 Å². The lowest BCUT2D eigenvalue weighted by Gasteiger charge is -2.30. The van der Waals surface area contributed by atoms with Gasteiger partial charge in [-0.3, -0.25) is 4.79 Å². The molecule has 146 valence electrons. The molecule has 6 nitrogen and oxygen atoms in total. The number of phenolic OH excluding ortho intramolecular Hbond substituents is 1. The van der Waals surface area contributed by atoms with Crippen LogP contribution >= 0.6 is 12.2 Å². The topological polar surface area (TPSA) is 82.6 Å². The Hall–Kier alpha value is -3.06. The van der Waals surface area contributed by atoms with Crippen LogP contribution < -0.4 is 20.7 Å². The molecule has 4 N–H and O–H groups in total. The molecule has 0 spiro atoms. The molecule has 0 unspecified atom stereocenters. The highest BCUT2D eigenvalue weighted by molar-refractivity contribution is 7.80. The van der Waals surface area contributed by atoms with E-state index in [1.54, 1.807) is 12.1 Å². The van der Waals surface area contributed by atoms with E-state index in [9.17, 15) is 9.90 Å². The van der Waals surface area contributed by atoms with Crippen LogP contribution in [-0.2, 0) is 4.79 Å². The van der Waals surface area contributed by atoms with Gasteiger partial charge in [0.15, 0.2) is 16.6 Å². The molecule has 1 amide bonds. The molecule has 0 aromatic heterocycles. The second-order valence-electron chi connectivity index (χ2n) is 6.83. The number of amides is 1. The SMILES string of the molecule is COc1cc([C@H]2NC(=S)NC(C)=C2C(=O)Nc2cc(C)cc(C)c2)ccc1O. The summed E-state index contributed by atoms with van der Waals surface area (Å²) < 4.78 is 5.20. The predicted molar refractivity (Wildman–Crippen MR) is 114 cm³/mol. The molecular formula is C21H23N3O3S. The van der Waals surface area contributed by atoms with Crippen molar-refractivity contribution < 1.29 is 14.6 Å². The van der Waals surface area contributed by atoms with Crippen LogP contribution in [0.3, 0.4) is 0 Å². The van der Waals surface area contributed by atoms with Gasteiger partial charge in [-0.05, 0) is 73.9 Å². The number of hydrogen-bond acceptors (Lipinski definition) is 4. The van der Waals surface area contributed by atoms with Gasteiger partial charge >= 0.3 is 0 Å². The molecule has 3 rings (SSSR count). The van der Waals surface area contributed by atoms with Crippen LogP contribution in [0.1, 0.15) is 29.7 Å². The van der Waals surface area contributed by atoms with Gasteiger partial charge in [0.1, 0.15) is 0 Å². The number of allylic oxidation sites excluding steroid dienone is 1. The highest BCUT2D eigenvalue weighted by atomic mass is 32.1. The van der Waals surface area contributed by atoms with E-state index in [-0.39, 0.29) is 11.7 Å². The van der Waals surface area contributed by atoms with E-state index in [1.165, 1.54) is 13.2 Å². The Morgan fingerprint density at radius 2 is 1.82 bits per heavy atom. The molecule has 0 aliphatic carbocycles. The maximum absolute atomic E-state index is 13.1. The summed E-state index contributed by atoms with van der Waals surface area (Å²) in [6.07, 6.45) is 0. The molecule has 0 radical (unpaired) electrons. The second kappa shape index (κ2) is 7.90. The minimum atomic E-state index is -0.478. The Morgan fingerprint density at radius 1 is 1.14 bits per heavy atom. The molecule has 2 aromatic carbocycles. The average molecular weight is 398 g/mol. The van der Waals surface area contributed by atoms with Crippen LogP contribution in [0.15, 0.2) is 47.7 Å². The van der Waals surface area contributed by atoms with Crippen molar-refractivity contribution in [2.24, 2.45) is 0 Å². The fourth-order valence-corrected chi connectivity index (χ4v) is 3.63. The van der Waals surface area contributed by atoms with Crippen LogP contribution in [0.5, 0.6) is 11.5 Å². The number of anilines is 1. The fourth-order valence-electron chi connectivity index (χ4n) is 3.36. The quantitative estimate of drug-likeness (QED) is 0.592. The number of nitrogens with one attached hydrogen (secondary N) is 3. The van der Waals surface area contributed by atoms with Crippen LogP contribution in [0.2, 0.25) is 0 Å². The summed E-state index contributed by atoms with van der Waals surface area (Å²) in [6, 6.07) is 10.4. The molecule has 0 bridgehead atoms. The van der Waals surface area contributed by atoms with Crippen molar-refractivity contribution in [2.45, 2.75) is 26.8 Å². The zero-order valence-electron chi connectivity index (χ0n) is 16.2. The Bertz CT molecular complexity index is 965. The maximum atomic E-state index is 13.1. The van der Waals surface area contributed by atoms with Gasteiger partial charge < -0.3 is 25.8 Å². The molecular weight excluding hydrogens is 374 g/mol. The maximum Gasteiger partial charge on any atom is 0.255 e. The smallest absolute Gasteiger partial charge is 0.255 e. The van der Waals surface area contributed by atoms with E-state index in [2.05, 4.69) is 16.0 Å². The zero-order chi connectivity index (χ0) is 20.4. The van der Waals surface area contributed by atoms with E-state index >= 15 is 0 Å². The number of hydrogen-bond donors (Lipinski definition) is 4. The largest absolute Gasteiger partial charge is 0.504 e. The first kappa shape index (κ1) is 19.7. The third-order valence-corrected chi connectivity index (χ3v) is 4.75. The number of methoxy groups -OCH3 is 1. The van der Waals surface area contributed by atoms with Crippen molar-refractivity contribution in [3.8, 4) is 11.5 Å². The van der Waals surface area contributed by atoms with Gasteiger partial charge in [0.25, 0.3) is 5.91 Å². The first-order chi connectivity index (χ1) is 13.3. The normalized spacial score (nSPS) is 16.3. The van der Waals surface area contributed by atoms with Crippen molar-refractivity contribution >= 4 is 28.9 Å². The van der Waals surface area contributed by atoms with Crippen LogP contribution in [0.4, 0.5) is 5.69 Å². The number of phenols is 1. The van der Waals surface area contributed by atoms with Crippen molar-refractivity contribution in [3.05, 3.63) is 64.4 Å². The molecule has 0 fully saturated rings. The summed E-state index contributed by atoms with van der Waals surface area (Å²) in [6.45, 7) is 5.79. The first-order valence-corrected chi connectivity index (χ1v) is 9.24. The molecule has 0 saturated carbocycles. The summed E-state index contributed by atoms with van der Waals surface area (Å²) in [5.74, 6) is 0.127. The Labute approximate surface area is 169 Å². The Balaban J connectivity index is 1.98. The van der Waals surface area contributed by atoms with Gasteiger partial charge in [0.2, 0.25) is 0 Å². The fraction of sp³-hybridized carbons (Fsp3) is 0.238. The number of carbonyl (C=O) groups excluding carboxylic acids is 1. The number of rotatable bonds is 4. The van der Waals surface area contributed by atoms with E-state index in [1.807, 2.05) is 39.0 Å². The first-order valence-electron chi connectivity index (χ1n) is 8.83. The van der Waals surface area contributed by atoms with E-state index in [4.69, 9.17) is 17.0 Å². The van der Waals surface area contributed by atoms with Gasteiger partial charge in [-0.2, -0.15) is 0 Å². The summed E-state index contributed by atoms with van der Waals surface area (Å²) in [5.41, 5.74) is 4.81. The number of ether oxygens (including phenoxy) is 1. The number of carbonyl (C=O) groups is 1. The summed E-state index contributed by atoms with van der Waals surface area (Å²) in [5, 5.41) is 19.4. The van der Waals surface area contributed by atoms with Gasteiger partial charge in [0.05, 0.1) is 18.7 Å². The van der Waals surface area contributed by atoms with Crippen LogP contribution in [0, 0.1) is 13.8 Å². The molecule has 0 saturated heterocycles. The van der Waals surface area contributed by atoms with E-state index < -0.39 is 6.04 Å². The van der Waals surface area contributed by atoms with Gasteiger partial charge in [0, 0.05) is 11.4 Å². The molecule has 7 heteroatoms.